The second-order valence-corrected chi connectivity index (χ2v) is 7.04. The maximum atomic E-state index is 12.8. The van der Waals surface area contributed by atoms with Crippen molar-refractivity contribution >= 4 is 5.91 Å². The lowest BCUT2D eigenvalue weighted by molar-refractivity contribution is -0.131. The number of hydrogen-bond donors (Lipinski definition) is 0. The number of aryl methyl sites for hydroxylation is 1. The van der Waals surface area contributed by atoms with Crippen molar-refractivity contribution in [3.63, 3.8) is 0 Å². The van der Waals surface area contributed by atoms with E-state index in [1.165, 1.54) is 6.42 Å². The van der Waals surface area contributed by atoms with Crippen LogP contribution in [0.25, 0.3) is 0 Å². The van der Waals surface area contributed by atoms with E-state index in [1.807, 2.05) is 35.4 Å². The van der Waals surface area contributed by atoms with Gasteiger partial charge in [0.1, 0.15) is 11.6 Å². The van der Waals surface area contributed by atoms with E-state index >= 15 is 0 Å². The quantitative estimate of drug-likeness (QED) is 0.762. The molecule has 26 heavy (non-hydrogen) atoms. The zero-order valence-corrected chi connectivity index (χ0v) is 15.9. The van der Waals surface area contributed by atoms with Gasteiger partial charge in [-0.1, -0.05) is 25.5 Å². The summed E-state index contributed by atoms with van der Waals surface area (Å²) in [6, 6.07) is 7.77. The molecule has 5 heteroatoms. The number of benzene rings is 1. The van der Waals surface area contributed by atoms with Crippen LogP contribution in [-0.4, -0.2) is 40.6 Å². The van der Waals surface area contributed by atoms with Crippen LogP contribution in [0.4, 0.5) is 0 Å². The first-order chi connectivity index (χ1) is 12.7. The van der Waals surface area contributed by atoms with Crippen LogP contribution in [0, 0.1) is 0 Å². The van der Waals surface area contributed by atoms with Crippen molar-refractivity contribution in [2.75, 3.05) is 20.2 Å². The summed E-state index contributed by atoms with van der Waals surface area (Å²) in [5, 5.41) is 0. The summed E-state index contributed by atoms with van der Waals surface area (Å²) in [5.41, 5.74) is 1.00. The van der Waals surface area contributed by atoms with Crippen LogP contribution in [0.2, 0.25) is 0 Å². The van der Waals surface area contributed by atoms with Gasteiger partial charge in [-0.2, -0.15) is 0 Å². The SMILES string of the molecule is CCCCn1ccnc1C1CCCN(C(=O)Cc2cccc(OC)c2)C1. The van der Waals surface area contributed by atoms with Crippen LogP contribution in [0.1, 0.15) is 49.9 Å². The molecular weight excluding hydrogens is 326 g/mol. The number of imidazole rings is 1. The van der Waals surface area contributed by atoms with Gasteiger partial charge < -0.3 is 14.2 Å². The minimum absolute atomic E-state index is 0.189. The van der Waals surface area contributed by atoms with Gasteiger partial charge in [0.2, 0.25) is 5.91 Å². The summed E-state index contributed by atoms with van der Waals surface area (Å²) >= 11 is 0. The van der Waals surface area contributed by atoms with Crippen LogP contribution in [0.3, 0.4) is 0 Å². The molecule has 0 bridgehead atoms. The number of methoxy groups -OCH3 is 1. The average Bonchev–Trinajstić information content (AvgIpc) is 3.15. The highest BCUT2D eigenvalue weighted by Gasteiger charge is 2.27. The first-order valence-electron chi connectivity index (χ1n) is 9.63. The molecular formula is C21H29N3O2. The molecule has 140 valence electrons. The van der Waals surface area contributed by atoms with Gasteiger partial charge in [0, 0.05) is 37.9 Å². The largest absolute Gasteiger partial charge is 0.497 e. The lowest BCUT2D eigenvalue weighted by Crippen LogP contribution is -2.40. The van der Waals surface area contributed by atoms with E-state index in [9.17, 15) is 4.79 Å². The van der Waals surface area contributed by atoms with Gasteiger partial charge >= 0.3 is 0 Å². The topological polar surface area (TPSA) is 47.4 Å². The van der Waals surface area contributed by atoms with E-state index in [2.05, 4.69) is 22.7 Å². The highest BCUT2D eigenvalue weighted by molar-refractivity contribution is 5.79. The molecule has 1 aliphatic heterocycles. The molecule has 5 nitrogen and oxygen atoms in total. The summed E-state index contributed by atoms with van der Waals surface area (Å²) in [6.07, 6.45) is 8.86. The molecule has 0 N–H and O–H groups in total. The molecule has 0 saturated carbocycles. The van der Waals surface area contributed by atoms with Crippen LogP contribution >= 0.6 is 0 Å². The highest BCUT2D eigenvalue weighted by atomic mass is 16.5. The Labute approximate surface area is 156 Å². The number of rotatable bonds is 7. The monoisotopic (exact) mass is 355 g/mol. The number of carbonyl (C=O) groups is 1. The summed E-state index contributed by atoms with van der Waals surface area (Å²) in [5.74, 6) is 2.46. The summed E-state index contributed by atoms with van der Waals surface area (Å²) < 4.78 is 7.53. The molecule has 1 fully saturated rings. The third kappa shape index (κ3) is 4.45. The van der Waals surface area contributed by atoms with Crippen LogP contribution in [-0.2, 0) is 17.8 Å². The van der Waals surface area contributed by atoms with E-state index < -0.39 is 0 Å². The fraction of sp³-hybridized carbons (Fsp3) is 0.524. The molecule has 1 saturated heterocycles. The van der Waals surface area contributed by atoms with E-state index in [-0.39, 0.29) is 5.91 Å². The van der Waals surface area contributed by atoms with Gasteiger partial charge in [-0.3, -0.25) is 4.79 Å². The Morgan fingerprint density at radius 1 is 1.38 bits per heavy atom. The van der Waals surface area contributed by atoms with Crippen molar-refractivity contribution in [1.29, 1.82) is 0 Å². The van der Waals surface area contributed by atoms with E-state index in [1.54, 1.807) is 7.11 Å². The van der Waals surface area contributed by atoms with Crippen molar-refractivity contribution in [3.8, 4) is 5.75 Å². The molecule has 3 rings (SSSR count). The standard InChI is InChI=1S/C21H29N3O2/c1-3-4-11-23-13-10-22-21(23)18-8-6-12-24(16-18)20(25)15-17-7-5-9-19(14-17)26-2/h5,7,9-10,13-14,18H,3-4,6,8,11-12,15-16H2,1-2H3. The Kier molecular flexibility index (Phi) is 6.31. The first kappa shape index (κ1) is 18.5. The van der Waals surface area contributed by atoms with Gasteiger partial charge in [-0.05, 0) is 37.0 Å². The lowest BCUT2D eigenvalue weighted by Gasteiger charge is -2.33. The number of likely N-dealkylation sites (tertiary alicyclic amines) is 1. The van der Waals surface area contributed by atoms with Crippen molar-refractivity contribution < 1.29 is 9.53 Å². The predicted molar refractivity (Wildman–Crippen MR) is 102 cm³/mol. The molecule has 0 spiro atoms. The number of piperidine rings is 1. The lowest BCUT2D eigenvalue weighted by atomic mass is 9.96. The van der Waals surface area contributed by atoms with Crippen molar-refractivity contribution in [2.24, 2.45) is 0 Å². The third-order valence-corrected chi connectivity index (χ3v) is 5.13. The first-order valence-corrected chi connectivity index (χ1v) is 9.63. The fourth-order valence-corrected chi connectivity index (χ4v) is 3.68. The fourth-order valence-electron chi connectivity index (χ4n) is 3.68. The minimum Gasteiger partial charge on any atom is -0.497 e. The normalized spacial score (nSPS) is 17.3. The Bertz CT molecular complexity index is 726. The van der Waals surface area contributed by atoms with E-state index in [0.717, 1.165) is 56.0 Å². The Hall–Kier alpha value is -2.30. The molecule has 1 aromatic heterocycles. The van der Waals surface area contributed by atoms with Gasteiger partial charge in [-0.15, -0.1) is 0 Å². The highest BCUT2D eigenvalue weighted by Crippen LogP contribution is 2.26. The third-order valence-electron chi connectivity index (χ3n) is 5.13. The van der Waals surface area contributed by atoms with Crippen LogP contribution in [0.5, 0.6) is 5.75 Å². The zero-order chi connectivity index (χ0) is 18.4. The van der Waals surface area contributed by atoms with Crippen LogP contribution in [0.15, 0.2) is 36.7 Å². The number of ether oxygens (including phenoxy) is 1. The Balaban J connectivity index is 1.64. The Morgan fingerprint density at radius 2 is 2.27 bits per heavy atom. The number of aromatic nitrogens is 2. The van der Waals surface area contributed by atoms with E-state index in [0.29, 0.717) is 12.3 Å². The number of nitrogens with zero attached hydrogens (tertiary/aromatic N) is 3. The van der Waals surface area contributed by atoms with Crippen molar-refractivity contribution in [1.82, 2.24) is 14.5 Å². The summed E-state index contributed by atoms with van der Waals surface area (Å²) in [4.78, 5) is 19.4. The number of unbranched alkanes of at least 4 members (excludes halogenated alkanes) is 1. The smallest absolute Gasteiger partial charge is 0.227 e. The zero-order valence-electron chi connectivity index (χ0n) is 15.9. The van der Waals surface area contributed by atoms with E-state index in [4.69, 9.17) is 4.74 Å². The van der Waals surface area contributed by atoms with Crippen molar-refractivity contribution in [2.45, 2.75) is 51.5 Å². The predicted octanol–water partition coefficient (Wildman–Crippen LogP) is 3.64. The molecule has 1 atom stereocenters. The minimum atomic E-state index is 0.189. The van der Waals surface area contributed by atoms with Gasteiger partial charge in [-0.25, -0.2) is 4.98 Å². The number of hydrogen-bond acceptors (Lipinski definition) is 3. The molecule has 1 unspecified atom stereocenters. The molecule has 0 aliphatic carbocycles. The van der Waals surface area contributed by atoms with Gasteiger partial charge in [0.25, 0.3) is 0 Å². The summed E-state index contributed by atoms with van der Waals surface area (Å²) in [7, 11) is 1.65. The summed E-state index contributed by atoms with van der Waals surface area (Å²) in [6.45, 7) is 4.83. The molecule has 1 aliphatic rings. The van der Waals surface area contributed by atoms with Crippen LogP contribution < -0.4 is 4.74 Å². The maximum absolute atomic E-state index is 12.8. The molecule has 2 heterocycles. The van der Waals surface area contributed by atoms with Gasteiger partial charge in [0.05, 0.1) is 13.5 Å². The number of carbonyl (C=O) groups excluding carboxylic acids is 1. The van der Waals surface area contributed by atoms with Crippen molar-refractivity contribution in [3.05, 3.63) is 48.0 Å². The second kappa shape index (κ2) is 8.88. The second-order valence-electron chi connectivity index (χ2n) is 7.04. The molecule has 0 radical (unpaired) electrons. The average molecular weight is 355 g/mol. The Morgan fingerprint density at radius 3 is 3.08 bits per heavy atom. The maximum Gasteiger partial charge on any atom is 0.227 e. The molecule has 2 aromatic rings. The molecule has 1 aromatic carbocycles. The van der Waals surface area contributed by atoms with Gasteiger partial charge in [0.15, 0.2) is 0 Å². The molecule has 1 amide bonds. The number of amides is 1.